The fraction of sp³-hybridized carbons (Fsp3) is 0.278. The molecule has 138 valence electrons. The van der Waals surface area contributed by atoms with E-state index in [1.54, 1.807) is 18.2 Å². The zero-order valence-corrected chi connectivity index (χ0v) is 16.2. The predicted octanol–water partition coefficient (Wildman–Crippen LogP) is 3.71. The van der Waals surface area contributed by atoms with Crippen molar-refractivity contribution in [2.24, 2.45) is 0 Å². The van der Waals surface area contributed by atoms with Crippen LogP contribution in [0.25, 0.3) is 0 Å². The van der Waals surface area contributed by atoms with E-state index in [-0.39, 0.29) is 22.0 Å². The monoisotopic (exact) mass is 412 g/mol. The maximum absolute atomic E-state index is 12.7. The summed E-state index contributed by atoms with van der Waals surface area (Å²) in [6.07, 6.45) is 1.69. The minimum Gasteiger partial charge on any atom is -0.348 e. The lowest BCUT2D eigenvalue weighted by Crippen LogP contribution is -2.28. The first-order valence-corrected chi connectivity index (χ1v) is 10.4. The van der Waals surface area contributed by atoms with E-state index in [2.05, 4.69) is 5.32 Å². The fourth-order valence-corrected chi connectivity index (χ4v) is 4.78. The summed E-state index contributed by atoms with van der Waals surface area (Å²) >= 11 is 12.2. The van der Waals surface area contributed by atoms with Crippen molar-refractivity contribution >= 4 is 39.1 Å². The van der Waals surface area contributed by atoms with Crippen LogP contribution in [-0.2, 0) is 16.6 Å². The second-order valence-corrected chi connectivity index (χ2v) is 8.78. The molecule has 0 aromatic heterocycles. The average molecular weight is 413 g/mol. The molecule has 1 heterocycles. The van der Waals surface area contributed by atoms with Crippen LogP contribution in [0.5, 0.6) is 0 Å². The van der Waals surface area contributed by atoms with Crippen molar-refractivity contribution in [3.8, 4) is 0 Å². The molecule has 1 fully saturated rings. The molecule has 0 saturated carbocycles. The highest BCUT2D eigenvalue weighted by molar-refractivity contribution is 7.89. The van der Waals surface area contributed by atoms with Crippen molar-refractivity contribution in [1.82, 2.24) is 9.62 Å². The maximum atomic E-state index is 12.7. The van der Waals surface area contributed by atoms with Crippen LogP contribution < -0.4 is 5.32 Å². The molecule has 2 aromatic rings. The Kier molecular flexibility index (Phi) is 5.87. The van der Waals surface area contributed by atoms with Crippen LogP contribution in [0, 0.1) is 0 Å². The van der Waals surface area contributed by atoms with Gasteiger partial charge in [0.1, 0.15) is 0 Å². The van der Waals surface area contributed by atoms with Gasteiger partial charge < -0.3 is 5.32 Å². The van der Waals surface area contributed by atoms with Crippen LogP contribution in [0.2, 0.25) is 10.0 Å². The number of carbonyl (C=O) groups is 1. The summed E-state index contributed by atoms with van der Waals surface area (Å²) in [6.45, 7) is 1.22. The molecule has 0 aliphatic carbocycles. The number of nitrogens with one attached hydrogen (secondary N) is 1. The molecule has 5 nitrogen and oxygen atoms in total. The smallest absolute Gasteiger partial charge is 0.253 e. The normalized spacial score (nSPS) is 15.2. The average Bonchev–Trinajstić information content (AvgIpc) is 3.16. The van der Waals surface area contributed by atoms with Crippen molar-refractivity contribution in [3.05, 3.63) is 63.6 Å². The van der Waals surface area contributed by atoms with Gasteiger partial charge in [-0.15, -0.1) is 0 Å². The van der Waals surface area contributed by atoms with E-state index in [0.717, 1.165) is 18.4 Å². The molecule has 0 radical (unpaired) electrons. The molecular formula is C18H18Cl2N2O3S. The summed E-state index contributed by atoms with van der Waals surface area (Å²) in [5.74, 6) is -0.451. The number of amides is 1. The van der Waals surface area contributed by atoms with Crippen LogP contribution in [0.1, 0.15) is 28.8 Å². The van der Waals surface area contributed by atoms with Crippen LogP contribution in [0.3, 0.4) is 0 Å². The van der Waals surface area contributed by atoms with Crippen LogP contribution in [0.15, 0.2) is 47.4 Å². The highest BCUT2D eigenvalue weighted by atomic mass is 35.5. The first-order chi connectivity index (χ1) is 12.4. The zero-order valence-electron chi connectivity index (χ0n) is 13.9. The van der Waals surface area contributed by atoms with Gasteiger partial charge in [0.15, 0.2) is 0 Å². The van der Waals surface area contributed by atoms with Gasteiger partial charge in [0.25, 0.3) is 5.91 Å². The lowest BCUT2D eigenvalue weighted by Gasteiger charge is -2.16. The molecule has 2 aromatic carbocycles. The Labute approximate surface area is 163 Å². The minimum atomic E-state index is -3.61. The van der Waals surface area contributed by atoms with Gasteiger partial charge in [-0.2, -0.15) is 4.31 Å². The van der Waals surface area contributed by atoms with E-state index in [9.17, 15) is 13.2 Å². The van der Waals surface area contributed by atoms with Gasteiger partial charge in [-0.1, -0.05) is 41.4 Å². The molecule has 1 aliphatic heterocycles. The van der Waals surface area contributed by atoms with E-state index in [1.165, 1.54) is 22.5 Å². The lowest BCUT2D eigenvalue weighted by molar-refractivity contribution is 0.0951. The minimum absolute atomic E-state index is 0.0756. The third kappa shape index (κ3) is 4.04. The summed E-state index contributed by atoms with van der Waals surface area (Å²) in [5.41, 5.74) is 0.887. The van der Waals surface area contributed by atoms with Crippen LogP contribution in [0.4, 0.5) is 0 Å². The number of halogens is 2. The van der Waals surface area contributed by atoms with E-state index in [1.807, 2.05) is 6.07 Å². The van der Waals surface area contributed by atoms with E-state index < -0.39 is 15.9 Å². The molecule has 0 unspecified atom stereocenters. The van der Waals surface area contributed by atoms with Crippen molar-refractivity contribution in [2.75, 3.05) is 13.1 Å². The number of carbonyl (C=O) groups excluding carboxylic acids is 1. The third-order valence-electron chi connectivity index (χ3n) is 4.28. The molecule has 8 heteroatoms. The Hall–Kier alpha value is -1.60. The number of hydrogen-bond donors (Lipinski definition) is 1. The summed E-state index contributed by atoms with van der Waals surface area (Å²) < 4.78 is 26.8. The fourth-order valence-electron chi connectivity index (χ4n) is 2.83. The number of hydrogen-bond acceptors (Lipinski definition) is 3. The molecule has 3 rings (SSSR count). The van der Waals surface area contributed by atoms with Gasteiger partial charge in [0.05, 0.1) is 15.5 Å². The Morgan fingerprint density at radius 3 is 2.42 bits per heavy atom. The molecule has 26 heavy (non-hydrogen) atoms. The topological polar surface area (TPSA) is 66.5 Å². The second kappa shape index (κ2) is 7.96. The van der Waals surface area contributed by atoms with Crippen molar-refractivity contribution in [1.29, 1.82) is 0 Å². The predicted molar refractivity (Wildman–Crippen MR) is 102 cm³/mol. The summed E-state index contributed by atoms with van der Waals surface area (Å²) in [5, 5.41) is 3.47. The lowest BCUT2D eigenvalue weighted by atomic mass is 10.2. The number of benzene rings is 2. The third-order valence-corrected chi connectivity index (χ3v) is 6.88. The summed E-state index contributed by atoms with van der Waals surface area (Å²) in [7, 11) is -3.61. The first-order valence-electron chi connectivity index (χ1n) is 8.21. The Balaban J connectivity index is 1.81. The largest absolute Gasteiger partial charge is 0.348 e. The standard InChI is InChI=1S/C18H18Cl2N2O3S/c19-16-6-2-1-5-13(16)12-21-18(23)15-11-14(7-8-17(15)20)26(24,25)22-9-3-4-10-22/h1-2,5-8,11H,3-4,9-10,12H2,(H,21,23). The van der Waals surface area contributed by atoms with Gasteiger partial charge in [-0.3, -0.25) is 4.79 Å². The summed E-state index contributed by atoms with van der Waals surface area (Å²) in [4.78, 5) is 12.6. The van der Waals surface area contributed by atoms with E-state index in [0.29, 0.717) is 18.1 Å². The highest BCUT2D eigenvalue weighted by Gasteiger charge is 2.28. The van der Waals surface area contributed by atoms with Crippen molar-refractivity contribution < 1.29 is 13.2 Å². The number of sulfonamides is 1. The Bertz CT molecular complexity index is 926. The van der Waals surface area contributed by atoms with Gasteiger partial charge in [0.2, 0.25) is 10.0 Å². The SMILES string of the molecule is O=C(NCc1ccccc1Cl)c1cc(S(=O)(=O)N2CCCC2)ccc1Cl. The quantitative estimate of drug-likeness (QED) is 0.813. The van der Waals surface area contributed by atoms with Crippen molar-refractivity contribution in [2.45, 2.75) is 24.3 Å². The van der Waals surface area contributed by atoms with Gasteiger partial charge in [0, 0.05) is 24.7 Å². The molecule has 1 aliphatic rings. The zero-order chi connectivity index (χ0) is 18.7. The number of nitrogens with zero attached hydrogens (tertiary/aromatic N) is 1. The van der Waals surface area contributed by atoms with Gasteiger partial charge in [-0.25, -0.2) is 8.42 Å². The van der Waals surface area contributed by atoms with Gasteiger partial charge >= 0.3 is 0 Å². The van der Waals surface area contributed by atoms with E-state index >= 15 is 0 Å². The van der Waals surface area contributed by atoms with Gasteiger partial charge in [-0.05, 0) is 42.7 Å². The molecule has 0 atom stereocenters. The summed E-state index contributed by atoms with van der Waals surface area (Å²) in [6, 6.07) is 11.4. The molecule has 1 amide bonds. The number of rotatable bonds is 5. The Morgan fingerprint density at radius 2 is 1.73 bits per heavy atom. The highest BCUT2D eigenvalue weighted by Crippen LogP contribution is 2.25. The second-order valence-electron chi connectivity index (χ2n) is 6.03. The van der Waals surface area contributed by atoms with Crippen LogP contribution >= 0.6 is 23.2 Å². The van der Waals surface area contributed by atoms with E-state index in [4.69, 9.17) is 23.2 Å². The van der Waals surface area contributed by atoms with Crippen LogP contribution in [-0.4, -0.2) is 31.7 Å². The molecular weight excluding hydrogens is 395 g/mol. The molecule has 0 bridgehead atoms. The maximum Gasteiger partial charge on any atom is 0.253 e. The first kappa shape index (κ1) is 19.2. The van der Waals surface area contributed by atoms with Crippen molar-refractivity contribution in [3.63, 3.8) is 0 Å². The molecule has 1 saturated heterocycles. The molecule has 0 spiro atoms. The Morgan fingerprint density at radius 1 is 1.04 bits per heavy atom. The molecule has 1 N–H and O–H groups in total.